The van der Waals surface area contributed by atoms with Crippen LogP contribution in [0.15, 0.2) is 91.0 Å². The van der Waals surface area contributed by atoms with Gasteiger partial charge in [0, 0.05) is 36.3 Å². The zero-order chi connectivity index (χ0) is 28.6. The van der Waals surface area contributed by atoms with E-state index in [9.17, 15) is 0 Å². The van der Waals surface area contributed by atoms with Gasteiger partial charge in [0.25, 0.3) is 0 Å². The van der Waals surface area contributed by atoms with Crippen molar-refractivity contribution in [3.8, 4) is 34.2 Å². The van der Waals surface area contributed by atoms with Crippen LogP contribution >= 0.6 is 0 Å². The topological polar surface area (TPSA) is 53.5 Å². The van der Waals surface area contributed by atoms with Crippen molar-refractivity contribution < 1.29 is 0 Å². The predicted octanol–water partition coefficient (Wildman–Crippen LogP) is 8.97. The maximum absolute atomic E-state index is 5.44. The molecule has 0 aliphatic rings. The van der Waals surface area contributed by atoms with E-state index in [1.165, 1.54) is 0 Å². The molecule has 3 aromatic heterocycles. The lowest BCUT2D eigenvalue weighted by molar-refractivity contribution is 0.703. The smallest absolute Gasteiger partial charge is 0.141 e. The summed E-state index contributed by atoms with van der Waals surface area (Å²) in [7, 11) is 0. The highest BCUT2D eigenvalue weighted by Gasteiger charge is 2.28. The number of aromatic nitrogens is 6. The summed E-state index contributed by atoms with van der Waals surface area (Å²) < 4.78 is 7.20. The third kappa shape index (κ3) is 4.13. The third-order valence-corrected chi connectivity index (χ3v) is 8.01. The van der Waals surface area contributed by atoms with E-state index in [2.05, 4.69) is 125 Å². The Morgan fingerprint density at radius 3 is 0.905 bits per heavy atom. The van der Waals surface area contributed by atoms with Gasteiger partial charge in [-0.05, 0) is 19.3 Å². The summed E-state index contributed by atoms with van der Waals surface area (Å²) in [5.74, 6) is 2.95. The summed E-state index contributed by atoms with van der Waals surface area (Å²) in [6.07, 6.45) is 2.99. The van der Waals surface area contributed by atoms with Gasteiger partial charge < -0.3 is 13.7 Å². The molecule has 0 radical (unpaired) electrons. The lowest BCUT2D eigenvalue weighted by atomic mass is 10.2. The maximum atomic E-state index is 5.44. The van der Waals surface area contributed by atoms with Gasteiger partial charge in [0.2, 0.25) is 0 Å². The first-order valence-corrected chi connectivity index (χ1v) is 15.2. The minimum atomic E-state index is 0.857. The van der Waals surface area contributed by atoms with Crippen LogP contribution in [-0.4, -0.2) is 28.7 Å². The van der Waals surface area contributed by atoms with Gasteiger partial charge in [0.15, 0.2) is 0 Å². The van der Waals surface area contributed by atoms with Crippen LogP contribution in [0.25, 0.3) is 67.3 Å². The van der Waals surface area contributed by atoms with E-state index in [0.29, 0.717) is 0 Å². The number of nitrogens with zero attached hydrogens (tertiary/aromatic N) is 6. The number of imidazole rings is 3. The molecule has 7 aromatic rings. The fraction of sp³-hybridized carbons (Fsp3) is 0.250. The normalized spacial score (nSPS) is 11.8. The first-order chi connectivity index (χ1) is 20.7. The Balaban J connectivity index is 1.72. The second-order valence-electron chi connectivity index (χ2n) is 11.0. The van der Waals surface area contributed by atoms with E-state index in [0.717, 1.165) is 106 Å². The molecule has 0 amide bonds. The number of fused-ring (bicyclic) bond motifs is 6. The average molecular weight is 553 g/mol. The van der Waals surface area contributed by atoms with E-state index < -0.39 is 0 Å². The highest BCUT2D eigenvalue weighted by molar-refractivity contribution is 6.21. The van der Waals surface area contributed by atoms with Crippen molar-refractivity contribution >= 4 is 33.1 Å². The van der Waals surface area contributed by atoms with Gasteiger partial charge in [0.1, 0.15) is 34.0 Å². The quantitative estimate of drug-likeness (QED) is 0.180. The van der Waals surface area contributed by atoms with Crippen LogP contribution in [0, 0.1) is 0 Å². The lowest BCUT2D eigenvalue weighted by Crippen LogP contribution is -2.02. The van der Waals surface area contributed by atoms with Gasteiger partial charge in [-0.1, -0.05) is 112 Å². The Hall–Kier alpha value is -4.71. The molecule has 0 fully saturated rings. The first kappa shape index (κ1) is 26.2. The van der Waals surface area contributed by atoms with Crippen LogP contribution in [0.1, 0.15) is 40.0 Å². The number of hydrogen-bond acceptors (Lipinski definition) is 3. The van der Waals surface area contributed by atoms with Gasteiger partial charge in [0.05, 0.1) is 16.6 Å². The molecule has 0 atom stereocenters. The van der Waals surface area contributed by atoms with Crippen molar-refractivity contribution in [3.05, 3.63) is 91.0 Å². The van der Waals surface area contributed by atoms with E-state index >= 15 is 0 Å². The van der Waals surface area contributed by atoms with E-state index in [-0.39, 0.29) is 0 Å². The van der Waals surface area contributed by atoms with Crippen molar-refractivity contribution in [2.24, 2.45) is 0 Å². The lowest BCUT2D eigenvalue weighted by Gasteiger charge is -2.11. The monoisotopic (exact) mass is 552 g/mol. The molecule has 0 saturated heterocycles. The molecular formula is C36H36N6. The van der Waals surface area contributed by atoms with Gasteiger partial charge in [-0.15, -0.1) is 0 Å². The first-order valence-electron chi connectivity index (χ1n) is 15.2. The number of benzene rings is 4. The Morgan fingerprint density at radius 1 is 0.405 bits per heavy atom. The molecule has 6 nitrogen and oxygen atoms in total. The second kappa shape index (κ2) is 10.9. The Kier molecular flexibility index (Phi) is 6.82. The molecule has 42 heavy (non-hydrogen) atoms. The van der Waals surface area contributed by atoms with Crippen LogP contribution in [0.3, 0.4) is 0 Å². The van der Waals surface area contributed by atoms with Crippen molar-refractivity contribution in [2.75, 3.05) is 0 Å². The maximum Gasteiger partial charge on any atom is 0.141 e. The molecular weight excluding hydrogens is 516 g/mol. The van der Waals surface area contributed by atoms with Gasteiger partial charge >= 0.3 is 0 Å². The highest BCUT2D eigenvalue weighted by Crippen LogP contribution is 2.41. The molecule has 0 spiro atoms. The standard InChI is InChI=1S/C36H36N6/c1-4-22-40-31-28(37-34(40)25-16-10-7-11-17-25)32-30(39-36(41(32)23-5-2)27-20-14-9-15-21-27)33-29(31)38-35(42(33)24-6-3)26-18-12-8-13-19-26/h7-21H,4-6,22-24H2,1-3H3. The summed E-state index contributed by atoms with van der Waals surface area (Å²) in [5.41, 5.74) is 9.58. The zero-order valence-corrected chi connectivity index (χ0v) is 24.6. The predicted molar refractivity (Wildman–Crippen MR) is 173 cm³/mol. The molecule has 4 aromatic carbocycles. The van der Waals surface area contributed by atoms with Gasteiger partial charge in [-0.25, -0.2) is 15.0 Å². The van der Waals surface area contributed by atoms with Crippen LogP contribution in [-0.2, 0) is 19.6 Å². The largest absolute Gasteiger partial charge is 0.322 e. The number of aryl methyl sites for hydroxylation is 3. The average Bonchev–Trinajstić information content (AvgIpc) is 3.71. The summed E-state index contributed by atoms with van der Waals surface area (Å²) in [6.45, 7) is 9.27. The van der Waals surface area contributed by atoms with E-state index in [4.69, 9.17) is 15.0 Å². The molecule has 0 saturated carbocycles. The zero-order valence-electron chi connectivity index (χ0n) is 24.6. The molecule has 0 aliphatic heterocycles. The summed E-state index contributed by atoms with van der Waals surface area (Å²) in [5, 5.41) is 0. The van der Waals surface area contributed by atoms with Crippen LogP contribution in [0.5, 0.6) is 0 Å². The number of hydrogen-bond donors (Lipinski definition) is 0. The molecule has 210 valence electrons. The fourth-order valence-corrected chi connectivity index (χ4v) is 6.32. The minimum Gasteiger partial charge on any atom is -0.322 e. The van der Waals surface area contributed by atoms with Crippen molar-refractivity contribution in [2.45, 2.75) is 59.7 Å². The second-order valence-corrected chi connectivity index (χ2v) is 11.0. The molecule has 3 heterocycles. The van der Waals surface area contributed by atoms with E-state index in [1.54, 1.807) is 0 Å². The molecule has 0 unspecified atom stereocenters. The Labute approximate surface area is 246 Å². The van der Waals surface area contributed by atoms with Crippen LogP contribution in [0.2, 0.25) is 0 Å². The highest BCUT2D eigenvalue weighted by atomic mass is 15.2. The summed E-state index contributed by atoms with van der Waals surface area (Å²) in [4.78, 5) is 16.3. The van der Waals surface area contributed by atoms with Crippen LogP contribution in [0.4, 0.5) is 0 Å². The SMILES string of the molecule is CCCn1c(-c2ccccc2)nc2c1c1nc(-c3ccccc3)n(CCC)c1c1nc(-c3ccccc3)n(CCC)c21. The van der Waals surface area contributed by atoms with Crippen LogP contribution < -0.4 is 0 Å². The fourth-order valence-electron chi connectivity index (χ4n) is 6.32. The summed E-state index contributed by atoms with van der Waals surface area (Å²) >= 11 is 0. The summed E-state index contributed by atoms with van der Waals surface area (Å²) in [6, 6.07) is 31.7. The van der Waals surface area contributed by atoms with Gasteiger partial charge in [-0.2, -0.15) is 0 Å². The third-order valence-electron chi connectivity index (χ3n) is 8.01. The molecule has 7 rings (SSSR count). The minimum absolute atomic E-state index is 0.857. The molecule has 0 bridgehead atoms. The molecule has 0 aliphatic carbocycles. The molecule has 6 heteroatoms. The van der Waals surface area contributed by atoms with Crippen molar-refractivity contribution in [1.29, 1.82) is 0 Å². The van der Waals surface area contributed by atoms with Gasteiger partial charge in [-0.3, -0.25) is 0 Å². The van der Waals surface area contributed by atoms with Crippen molar-refractivity contribution in [1.82, 2.24) is 28.7 Å². The number of rotatable bonds is 9. The van der Waals surface area contributed by atoms with E-state index in [1.807, 2.05) is 0 Å². The van der Waals surface area contributed by atoms with Crippen molar-refractivity contribution in [3.63, 3.8) is 0 Å². The Morgan fingerprint density at radius 2 is 0.667 bits per heavy atom. The molecule has 0 N–H and O–H groups in total. The Bertz CT molecular complexity index is 1730.